The van der Waals surface area contributed by atoms with Gasteiger partial charge in [0.15, 0.2) is 0 Å². The van der Waals surface area contributed by atoms with E-state index >= 15 is 0 Å². The molecule has 0 spiro atoms. The van der Waals surface area contributed by atoms with Gasteiger partial charge in [0.2, 0.25) is 0 Å². The van der Waals surface area contributed by atoms with E-state index in [2.05, 4.69) is 10.6 Å². The lowest BCUT2D eigenvalue weighted by Gasteiger charge is -2.20. The molecule has 0 fully saturated rings. The number of carbonyl (C=O) groups is 1. The molecule has 0 saturated heterocycles. The number of nitrogens with one attached hydrogen (secondary N) is 2. The van der Waals surface area contributed by atoms with Crippen LogP contribution in [0.25, 0.3) is 0 Å². The molecule has 0 aliphatic heterocycles. The summed E-state index contributed by atoms with van der Waals surface area (Å²) in [5.41, 5.74) is 1.53. The van der Waals surface area contributed by atoms with Gasteiger partial charge in [-0.15, -0.1) is 0 Å². The number of amides is 2. The number of hydrogen-bond donors (Lipinski definition) is 3. The number of aliphatic hydroxyl groups excluding tert-OH is 1. The molecule has 0 radical (unpaired) electrons. The van der Waals surface area contributed by atoms with E-state index in [1.165, 1.54) is 12.3 Å². The molecule has 1 heterocycles. The lowest BCUT2D eigenvalue weighted by Crippen LogP contribution is -2.42. The zero-order chi connectivity index (χ0) is 17.1. The van der Waals surface area contributed by atoms with E-state index in [-0.39, 0.29) is 23.9 Å². The molecule has 1 aliphatic carbocycles. The standard InChI is InChI=1S/C18H21FN2O3/c1-11(10-16(22)17-6-3-9-24-17)20-18(23)21-15-8-7-12-13(15)4-2-5-14(12)19/h2-6,9,11,15-16,22H,7-8,10H2,1H3,(H2,20,21,23)/t11-,15-,16-/m1/s1. The van der Waals surface area contributed by atoms with Crippen LogP contribution in [-0.4, -0.2) is 17.2 Å². The topological polar surface area (TPSA) is 74.5 Å². The van der Waals surface area contributed by atoms with Gasteiger partial charge < -0.3 is 20.2 Å². The van der Waals surface area contributed by atoms with Crippen LogP contribution >= 0.6 is 0 Å². The minimum absolute atomic E-state index is 0.183. The summed E-state index contributed by atoms with van der Waals surface area (Å²) in [6.07, 6.45) is 2.39. The van der Waals surface area contributed by atoms with E-state index in [0.717, 1.165) is 5.56 Å². The van der Waals surface area contributed by atoms with Crippen molar-refractivity contribution in [1.82, 2.24) is 10.6 Å². The van der Waals surface area contributed by atoms with Gasteiger partial charge >= 0.3 is 6.03 Å². The third-order valence-electron chi connectivity index (χ3n) is 4.34. The molecule has 3 atom stereocenters. The number of benzene rings is 1. The van der Waals surface area contributed by atoms with Gasteiger partial charge in [-0.25, -0.2) is 9.18 Å². The number of hydrogen-bond acceptors (Lipinski definition) is 3. The Morgan fingerprint density at radius 1 is 1.42 bits per heavy atom. The zero-order valence-corrected chi connectivity index (χ0v) is 13.5. The van der Waals surface area contributed by atoms with E-state index in [0.29, 0.717) is 30.6 Å². The summed E-state index contributed by atoms with van der Waals surface area (Å²) in [6.45, 7) is 1.81. The lowest BCUT2D eigenvalue weighted by molar-refractivity contribution is 0.129. The Hall–Kier alpha value is -2.34. The first-order valence-corrected chi connectivity index (χ1v) is 8.10. The van der Waals surface area contributed by atoms with Crippen LogP contribution in [0.15, 0.2) is 41.0 Å². The number of carbonyl (C=O) groups excluding carboxylic acids is 1. The highest BCUT2D eigenvalue weighted by molar-refractivity contribution is 5.75. The minimum Gasteiger partial charge on any atom is -0.467 e. The fourth-order valence-corrected chi connectivity index (χ4v) is 3.17. The highest BCUT2D eigenvalue weighted by atomic mass is 19.1. The van der Waals surface area contributed by atoms with E-state index in [9.17, 15) is 14.3 Å². The van der Waals surface area contributed by atoms with Crippen LogP contribution in [0.1, 0.15) is 48.8 Å². The number of furan rings is 1. The summed E-state index contributed by atoms with van der Waals surface area (Å²) in [4.78, 5) is 12.2. The Labute approximate surface area is 139 Å². The fraction of sp³-hybridized carbons (Fsp3) is 0.389. The van der Waals surface area contributed by atoms with Crippen molar-refractivity contribution >= 4 is 6.03 Å². The highest BCUT2D eigenvalue weighted by Gasteiger charge is 2.26. The monoisotopic (exact) mass is 332 g/mol. The predicted octanol–water partition coefficient (Wildman–Crippen LogP) is 3.22. The van der Waals surface area contributed by atoms with Crippen molar-refractivity contribution in [3.8, 4) is 0 Å². The van der Waals surface area contributed by atoms with Gasteiger partial charge in [0, 0.05) is 12.5 Å². The van der Waals surface area contributed by atoms with Crippen LogP contribution in [0.3, 0.4) is 0 Å². The lowest BCUT2D eigenvalue weighted by atomic mass is 10.1. The molecule has 1 aliphatic rings. The molecule has 24 heavy (non-hydrogen) atoms. The second kappa shape index (κ2) is 7.05. The van der Waals surface area contributed by atoms with Gasteiger partial charge in [0.25, 0.3) is 0 Å². The smallest absolute Gasteiger partial charge is 0.315 e. The van der Waals surface area contributed by atoms with Gasteiger partial charge in [-0.1, -0.05) is 12.1 Å². The summed E-state index contributed by atoms with van der Waals surface area (Å²) in [5, 5.41) is 15.7. The van der Waals surface area contributed by atoms with Crippen molar-refractivity contribution in [2.24, 2.45) is 0 Å². The Balaban J connectivity index is 1.52. The minimum atomic E-state index is -0.767. The predicted molar refractivity (Wildman–Crippen MR) is 86.9 cm³/mol. The summed E-state index contributed by atoms with van der Waals surface area (Å²) >= 11 is 0. The second-order valence-corrected chi connectivity index (χ2v) is 6.18. The molecule has 2 amide bonds. The molecular formula is C18H21FN2O3. The average molecular weight is 332 g/mol. The van der Waals surface area contributed by atoms with E-state index in [4.69, 9.17) is 4.42 Å². The van der Waals surface area contributed by atoms with Crippen LogP contribution < -0.4 is 10.6 Å². The fourth-order valence-electron chi connectivity index (χ4n) is 3.17. The highest BCUT2D eigenvalue weighted by Crippen LogP contribution is 2.32. The molecule has 1 aromatic heterocycles. The van der Waals surface area contributed by atoms with Crippen molar-refractivity contribution in [3.63, 3.8) is 0 Å². The largest absolute Gasteiger partial charge is 0.467 e. The molecule has 128 valence electrons. The summed E-state index contributed by atoms with van der Waals surface area (Å²) in [7, 11) is 0. The van der Waals surface area contributed by atoms with E-state index in [1.54, 1.807) is 18.2 Å². The number of rotatable bonds is 5. The van der Waals surface area contributed by atoms with Crippen molar-refractivity contribution in [1.29, 1.82) is 0 Å². The maximum absolute atomic E-state index is 13.7. The first kappa shape index (κ1) is 16.5. The second-order valence-electron chi connectivity index (χ2n) is 6.18. The molecule has 5 nitrogen and oxygen atoms in total. The van der Waals surface area contributed by atoms with Crippen molar-refractivity contribution < 1.29 is 18.7 Å². The summed E-state index contributed by atoms with van der Waals surface area (Å²) in [6, 6.07) is 7.61. The van der Waals surface area contributed by atoms with Gasteiger partial charge in [-0.3, -0.25) is 0 Å². The molecule has 6 heteroatoms. The van der Waals surface area contributed by atoms with Gasteiger partial charge in [-0.2, -0.15) is 0 Å². The maximum Gasteiger partial charge on any atom is 0.315 e. The molecule has 1 aromatic carbocycles. The quantitative estimate of drug-likeness (QED) is 0.787. The Morgan fingerprint density at radius 3 is 3.00 bits per heavy atom. The van der Waals surface area contributed by atoms with Gasteiger partial charge in [-0.05, 0) is 49.1 Å². The third-order valence-corrected chi connectivity index (χ3v) is 4.34. The number of fused-ring (bicyclic) bond motifs is 1. The van der Waals surface area contributed by atoms with Crippen molar-refractivity contribution in [2.45, 2.75) is 44.4 Å². The molecule has 0 unspecified atom stereocenters. The Kier molecular flexibility index (Phi) is 4.85. The maximum atomic E-state index is 13.7. The van der Waals surface area contributed by atoms with Gasteiger partial charge in [0.1, 0.15) is 17.7 Å². The first-order chi connectivity index (χ1) is 11.5. The molecule has 2 aromatic rings. The third kappa shape index (κ3) is 3.59. The molecule has 3 N–H and O–H groups in total. The molecule has 0 bridgehead atoms. The van der Waals surface area contributed by atoms with Crippen molar-refractivity contribution in [3.05, 3.63) is 59.3 Å². The molecule has 3 rings (SSSR count). The summed E-state index contributed by atoms with van der Waals surface area (Å²) in [5.74, 6) is 0.261. The van der Waals surface area contributed by atoms with Gasteiger partial charge in [0.05, 0.1) is 12.3 Å². The number of aliphatic hydroxyl groups is 1. The van der Waals surface area contributed by atoms with E-state index in [1.807, 2.05) is 13.0 Å². The van der Waals surface area contributed by atoms with Crippen LogP contribution in [0, 0.1) is 5.82 Å². The van der Waals surface area contributed by atoms with E-state index < -0.39 is 6.10 Å². The van der Waals surface area contributed by atoms with Crippen LogP contribution in [0.4, 0.5) is 9.18 Å². The summed E-state index contributed by atoms with van der Waals surface area (Å²) < 4.78 is 18.9. The van der Waals surface area contributed by atoms with Crippen molar-refractivity contribution in [2.75, 3.05) is 0 Å². The SMILES string of the molecule is C[C@H](C[C@@H](O)c1ccco1)NC(=O)N[C@@H]1CCc2c(F)cccc21. The number of urea groups is 1. The zero-order valence-electron chi connectivity index (χ0n) is 13.5. The normalized spacial score (nSPS) is 18.7. The Morgan fingerprint density at radius 2 is 2.25 bits per heavy atom. The number of halogens is 1. The molecule has 0 saturated carbocycles. The van der Waals surface area contributed by atoms with Crippen LogP contribution in [0.2, 0.25) is 0 Å². The molecular weight excluding hydrogens is 311 g/mol. The first-order valence-electron chi connectivity index (χ1n) is 8.10. The Bertz CT molecular complexity index is 702. The van der Waals surface area contributed by atoms with Crippen LogP contribution in [0.5, 0.6) is 0 Å². The average Bonchev–Trinajstić information content (AvgIpc) is 3.18. The van der Waals surface area contributed by atoms with Crippen LogP contribution in [-0.2, 0) is 6.42 Å².